The lowest BCUT2D eigenvalue weighted by Gasteiger charge is -2.40. The highest BCUT2D eigenvalue weighted by Gasteiger charge is 2.57. The van der Waals surface area contributed by atoms with Gasteiger partial charge in [0.2, 0.25) is 0 Å². The summed E-state index contributed by atoms with van der Waals surface area (Å²) < 4.78 is 29.4. The van der Waals surface area contributed by atoms with Gasteiger partial charge in [0.25, 0.3) is 0 Å². The minimum atomic E-state index is -1.16. The van der Waals surface area contributed by atoms with Gasteiger partial charge in [-0.2, -0.15) is 0 Å². The molecule has 0 aromatic rings. The zero-order valence-electron chi connectivity index (χ0n) is 18.5. The molecular weight excluding hydrogens is 364 g/mol. The predicted octanol–water partition coefficient (Wildman–Crippen LogP) is 2.77. The molecule has 0 saturated carbocycles. The van der Waals surface area contributed by atoms with Crippen LogP contribution in [-0.4, -0.2) is 59.3 Å². The fourth-order valence-corrected chi connectivity index (χ4v) is 4.42. The zero-order valence-corrected chi connectivity index (χ0v) is 18.5. The number of aliphatic hydroxyl groups is 2. The normalized spacial score (nSPS) is 40.1. The fourth-order valence-electron chi connectivity index (χ4n) is 4.42. The minimum Gasteiger partial charge on any atom is -0.368 e. The zero-order chi connectivity index (χ0) is 21.1. The van der Waals surface area contributed by atoms with E-state index in [0.29, 0.717) is 6.42 Å². The minimum absolute atomic E-state index is 0.0325. The van der Waals surface area contributed by atoms with Crippen molar-refractivity contribution >= 4 is 0 Å². The second-order valence-electron chi connectivity index (χ2n) is 11.2. The van der Waals surface area contributed by atoms with Crippen molar-refractivity contribution in [3.63, 3.8) is 0 Å². The lowest BCUT2D eigenvalue weighted by Crippen LogP contribution is -2.50. The van der Waals surface area contributed by atoms with E-state index in [2.05, 4.69) is 41.5 Å². The topological polar surface area (TPSA) is 86.6 Å². The van der Waals surface area contributed by atoms with Crippen molar-refractivity contribution in [3.05, 3.63) is 0 Å². The number of rotatable bonds is 4. The summed E-state index contributed by atoms with van der Waals surface area (Å²) in [5, 5.41) is 21.4. The van der Waals surface area contributed by atoms with Crippen molar-refractivity contribution in [2.24, 2.45) is 16.7 Å². The van der Waals surface area contributed by atoms with Gasteiger partial charge in [-0.1, -0.05) is 41.5 Å². The van der Waals surface area contributed by atoms with Crippen LogP contribution in [0.1, 0.15) is 68.2 Å². The molecule has 3 aliphatic heterocycles. The Hall–Kier alpha value is -0.280. The first-order valence-electron chi connectivity index (χ1n) is 10.3. The SMILES string of the molecule is CC(C)(C)CC(C(O)OC1C(O)OC2CC3OC(C)(C)OC3OC21)C(C)(C)C. The molecule has 0 aromatic carbocycles. The highest BCUT2D eigenvalue weighted by molar-refractivity contribution is 4.97. The fraction of sp³-hybridized carbons (Fsp3) is 1.00. The number of hydrogen-bond donors (Lipinski definition) is 2. The van der Waals surface area contributed by atoms with Gasteiger partial charge >= 0.3 is 0 Å². The quantitative estimate of drug-likeness (QED) is 0.699. The summed E-state index contributed by atoms with van der Waals surface area (Å²) in [5.41, 5.74) is -0.133. The molecule has 0 amide bonds. The predicted molar refractivity (Wildman–Crippen MR) is 102 cm³/mol. The molecule has 3 saturated heterocycles. The van der Waals surface area contributed by atoms with Crippen molar-refractivity contribution in [3.8, 4) is 0 Å². The van der Waals surface area contributed by atoms with Gasteiger partial charge in [0.1, 0.15) is 18.3 Å². The van der Waals surface area contributed by atoms with Crippen LogP contribution in [0.4, 0.5) is 0 Å². The van der Waals surface area contributed by atoms with E-state index in [9.17, 15) is 10.2 Å². The van der Waals surface area contributed by atoms with E-state index < -0.39 is 36.9 Å². The first kappa shape index (κ1) is 22.4. The van der Waals surface area contributed by atoms with Gasteiger partial charge in [-0.3, -0.25) is 0 Å². The number of ether oxygens (including phenoxy) is 5. The summed E-state index contributed by atoms with van der Waals surface area (Å²) in [4.78, 5) is 0. The third-order valence-electron chi connectivity index (χ3n) is 5.77. The summed E-state index contributed by atoms with van der Waals surface area (Å²) in [6.07, 6.45) is -3.29. The largest absolute Gasteiger partial charge is 0.368 e. The van der Waals surface area contributed by atoms with E-state index in [1.165, 1.54) is 0 Å². The van der Waals surface area contributed by atoms with Crippen LogP contribution in [0.15, 0.2) is 0 Å². The van der Waals surface area contributed by atoms with E-state index >= 15 is 0 Å². The van der Waals surface area contributed by atoms with Crippen LogP contribution in [0.25, 0.3) is 0 Å². The van der Waals surface area contributed by atoms with Crippen LogP contribution in [0.5, 0.6) is 0 Å². The summed E-state index contributed by atoms with van der Waals surface area (Å²) in [6.45, 7) is 16.4. The smallest absolute Gasteiger partial charge is 0.187 e. The average molecular weight is 403 g/mol. The van der Waals surface area contributed by atoms with Crippen molar-refractivity contribution in [1.29, 1.82) is 0 Å². The first-order chi connectivity index (χ1) is 12.7. The van der Waals surface area contributed by atoms with Gasteiger partial charge in [-0.15, -0.1) is 0 Å². The molecule has 3 heterocycles. The maximum Gasteiger partial charge on any atom is 0.187 e. The number of fused-ring (bicyclic) bond motifs is 2. The second kappa shape index (κ2) is 7.45. The van der Waals surface area contributed by atoms with Crippen LogP contribution in [0.2, 0.25) is 0 Å². The molecule has 2 N–H and O–H groups in total. The molecule has 3 fully saturated rings. The Kier molecular flexibility index (Phi) is 5.96. The molecule has 164 valence electrons. The molecule has 3 aliphatic rings. The summed E-state index contributed by atoms with van der Waals surface area (Å²) in [7, 11) is 0. The maximum atomic E-state index is 10.9. The Labute approximate surface area is 168 Å². The maximum absolute atomic E-state index is 10.9. The van der Waals surface area contributed by atoms with Gasteiger partial charge in [-0.25, -0.2) is 0 Å². The average Bonchev–Trinajstić information content (AvgIpc) is 2.95. The van der Waals surface area contributed by atoms with E-state index in [4.69, 9.17) is 23.7 Å². The molecule has 3 rings (SSSR count). The van der Waals surface area contributed by atoms with Gasteiger partial charge in [0.05, 0.1) is 6.10 Å². The Morgan fingerprint density at radius 1 is 1.04 bits per heavy atom. The number of aliphatic hydroxyl groups excluding tert-OH is 2. The molecular formula is C21H38O7. The van der Waals surface area contributed by atoms with Crippen LogP contribution in [0.3, 0.4) is 0 Å². The van der Waals surface area contributed by atoms with Crippen molar-refractivity contribution < 1.29 is 33.9 Å². The third kappa shape index (κ3) is 4.89. The van der Waals surface area contributed by atoms with E-state index in [-0.39, 0.29) is 29.0 Å². The molecule has 0 aliphatic carbocycles. The lowest BCUT2D eigenvalue weighted by atomic mass is 9.72. The molecule has 0 aromatic heterocycles. The lowest BCUT2D eigenvalue weighted by molar-refractivity contribution is -0.261. The second-order valence-corrected chi connectivity index (χ2v) is 11.2. The molecule has 7 nitrogen and oxygen atoms in total. The van der Waals surface area contributed by atoms with Crippen molar-refractivity contribution in [1.82, 2.24) is 0 Å². The Bertz CT molecular complexity index is 550. The molecule has 8 unspecified atom stereocenters. The third-order valence-corrected chi connectivity index (χ3v) is 5.77. The molecule has 0 radical (unpaired) electrons. The van der Waals surface area contributed by atoms with Crippen LogP contribution >= 0.6 is 0 Å². The summed E-state index contributed by atoms with van der Waals surface area (Å²) >= 11 is 0. The van der Waals surface area contributed by atoms with Crippen LogP contribution in [0, 0.1) is 16.7 Å². The molecule has 0 spiro atoms. The Morgan fingerprint density at radius 3 is 2.25 bits per heavy atom. The molecule has 7 heteroatoms. The molecule has 0 bridgehead atoms. The molecule has 28 heavy (non-hydrogen) atoms. The highest BCUT2D eigenvalue weighted by Crippen LogP contribution is 2.43. The van der Waals surface area contributed by atoms with Gasteiger partial charge in [0.15, 0.2) is 24.7 Å². The number of hydrogen-bond acceptors (Lipinski definition) is 7. The van der Waals surface area contributed by atoms with Gasteiger partial charge < -0.3 is 33.9 Å². The Morgan fingerprint density at radius 2 is 1.68 bits per heavy atom. The Balaban J connectivity index is 1.70. The van der Waals surface area contributed by atoms with E-state index in [1.807, 2.05) is 13.8 Å². The monoisotopic (exact) mass is 402 g/mol. The van der Waals surface area contributed by atoms with Crippen molar-refractivity contribution in [2.45, 2.75) is 117 Å². The van der Waals surface area contributed by atoms with Gasteiger partial charge in [-0.05, 0) is 31.1 Å². The summed E-state index contributed by atoms with van der Waals surface area (Å²) in [5.74, 6) is -0.827. The summed E-state index contributed by atoms with van der Waals surface area (Å²) in [6, 6.07) is 0. The van der Waals surface area contributed by atoms with Crippen LogP contribution in [-0.2, 0) is 23.7 Å². The van der Waals surface area contributed by atoms with E-state index in [0.717, 1.165) is 6.42 Å². The van der Waals surface area contributed by atoms with Crippen molar-refractivity contribution in [2.75, 3.05) is 0 Å². The first-order valence-corrected chi connectivity index (χ1v) is 10.3. The van der Waals surface area contributed by atoms with Crippen LogP contribution < -0.4 is 0 Å². The van der Waals surface area contributed by atoms with Gasteiger partial charge in [0, 0.05) is 12.3 Å². The molecule has 8 atom stereocenters. The van der Waals surface area contributed by atoms with E-state index in [1.54, 1.807) is 0 Å². The standard InChI is InChI=1S/C21H38O7/c1-19(2,3)10-11(20(4,5)6)16(22)25-15-14-12(24-17(15)23)9-13-18(26-14)28-21(7,8)27-13/h11-18,22-23H,9-10H2,1-8H3. The highest BCUT2D eigenvalue weighted by atomic mass is 16.8.